The first-order chi connectivity index (χ1) is 13.2. The van der Waals surface area contributed by atoms with Gasteiger partial charge in [-0.25, -0.2) is 4.98 Å². The number of amides is 1. The first kappa shape index (κ1) is 21.2. The summed E-state index contributed by atoms with van der Waals surface area (Å²) in [5.41, 5.74) is 1.35. The molecule has 0 saturated heterocycles. The molecule has 3 rings (SSSR count). The van der Waals surface area contributed by atoms with E-state index in [2.05, 4.69) is 10.3 Å². The summed E-state index contributed by atoms with van der Waals surface area (Å²) in [4.78, 5) is 31.9. The summed E-state index contributed by atoms with van der Waals surface area (Å²) >= 11 is 14.8. The molecule has 0 bridgehead atoms. The molecule has 28 heavy (non-hydrogen) atoms. The van der Waals surface area contributed by atoms with E-state index in [4.69, 9.17) is 23.2 Å². The number of thioether (sulfide) groups is 1. The van der Waals surface area contributed by atoms with Gasteiger partial charge in [0.15, 0.2) is 5.16 Å². The first-order valence-electron chi connectivity index (χ1n) is 8.59. The summed E-state index contributed by atoms with van der Waals surface area (Å²) in [5, 5.41) is 4.83. The van der Waals surface area contributed by atoms with Crippen molar-refractivity contribution in [3.63, 3.8) is 0 Å². The van der Waals surface area contributed by atoms with Crippen molar-refractivity contribution in [2.24, 2.45) is 0 Å². The molecule has 0 aliphatic carbocycles. The molecule has 0 aliphatic heterocycles. The van der Waals surface area contributed by atoms with E-state index in [1.807, 2.05) is 27.7 Å². The second-order valence-corrected chi connectivity index (χ2v) is 9.58. The molecule has 0 unspecified atom stereocenters. The van der Waals surface area contributed by atoms with Gasteiger partial charge in [-0.3, -0.25) is 14.2 Å². The van der Waals surface area contributed by atoms with E-state index >= 15 is 0 Å². The monoisotopic (exact) mass is 455 g/mol. The molecule has 0 radical (unpaired) electrons. The standard InChI is InChI=1S/C19H19Cl2N3O2S2/c1-9(2)24-18(26)16-10(3)11(4)28-17(16)23-19(24)27-8-15(25)22-14-7-12(20)5-6-13(14)21/h5-7,9H,8H2,1-4H3,(H,22,25). The lowest BCUT2D eigenvalue weighted by molar-refractivity contribution is -0.113. The van der Waals surface area contributed by atoms with E-state index in [0.717, 1.165) is 10.4 Å². The third kappa shape index (κ3) is 4.22. The summed E-state index contributed by atoms with van der Waals surface area (Å²) in [7, 11) is 0. The van der Waals surface area contributed by atoms with E-state index in [1.54, 1.807) is 22.8 Å². The van der Waals surface area contributed by atoms with Gasteiger partial charge >= 0.3 is 0 Å². The lowest BCUT2D eigenvalue weighted by Gasteiger charge is -2.15. The van der Waals surface area contributed by atoms with Crippen LogP contribution in [0.5, 0.6) is 0 Å². The van der Waals surface area contributed by atoms with Gasteiger partial charge in [-0.05, 0) is 51.5 Å². The van der Waals surface area contributed by atoms with Crippen LogP contribution in [0.4, 0.5) is 5.69 Å². The fourth-order valence-electron chi connectivity index (χ4n) is 2.75. The van der Waals surface area contributed by atoms with Crippen molar-refractivity contribution in [2.75, 3.05) is 11.1 Å². The predicted octanol–water partition coefficient (Wildman–Crippen LogP) is 5.69. The number of hydrogen-bond acceptors (Lipinski definition) is 5. The zero-order valence-electron chi connectivity index (χ0n) is 15.8. The number of anilines is 1. The number of nitrogens with zero attached hydrogens (tertiary/aromatic N) is 2. The lowest BCUT2D eigenvalue weighted by atomic mass is 10.2. The molecule has 0 fully saturated rings. The Hall–Kier alpha value is -1.54. The van der Waals surface area contributed by atoms with E-state index in [1.165, 1.54) is 23.1 Å². The highest BCUT2D eigenvalue weighted by Crippen LogP contribution is 2.30. The van der Waals surface area contributed by atoms with Gasteiger partial charge in [0.25, 0.3) is 5.56 Å². The minimum absolute atomic E-state index is 0.0670. The van der Waals surface area contributed by atoms with Crippen molar-refractivity contribution < 1.29 is 4.79 Å². The van der Waals surface area contributed by atoms with Crippen molar-refractivity contribution in [3.05, 3.63) is 49.0 Å². The highest BCUT2D eigenvalue weighted by atomic mass is 35.5. The van der Waals surface area contributed by atoms with Crippen molar-refractivity contribution >= 4 is 68.1 Å². The summed E-state index contributed by atoms with van der Waals surface area (Å²) in [6.07, 6.45) is 0. The van der Waals surface area contributed by atoms with E-state index in [0.29, 0.717) is 31.1 Å². The molecule has 0 aliphatic rings. The van der Waals surface area contributed by atoms with Gasteiger partial charge in [-0.2, -0.15) is 0 Å². The van der Waals surface area contributed by atoms with Gasteiger partial charge < -0.3 is 5.32 Å². The topological polar surface area (TPSA) is 64.0 Å². The number of thiophene rings is 1. The molecule has 3 aromatic rings. The highest BCUT2D eigenvalue weighted by molar-refractivity contribution is 7.99. The molecule has 0 saturated carbocycles. The smallest absolute Gasteiger partial charge is 0.263 e. The molecule has 9 heteroatoms. The Balaban J connectivity index is 1.87. The van der Waals surface area contributed by atoms with Crippen LogP contribution in [0, 0.1) is 13.8 Å². The van der Waals surface area contributed by atoms with Gasteiger partial charge in [0.05, 0.1) is 21.8 Å². The average molecular weight is 456 g/mol. The maximum Gasteiger partial charge on any atom is 0.263 e. The van der Waals surface area contributed by atoms with Crippen LogP contribution in [0.25, 0.3) is 10.2 Å². The van der Waals surface area contributed by atoms with Crippen LogP contribution < -0.4 is 10.9 Å². The molecular formula is C19H19Cl2N3O2S2. The number of aromatic nitrogens is 2. The SMILES string of the molecule is Cc1sc2nc(SCC(=O)Nc3cc(Cl)ccc3Cl)n(C(C)C)c(=O)c2c1C. The fourth-order valence-corrected chi connectivity index (χ4v) is 5.09. The number of hydrogen-bond donors (Lipinski definition) is 1. The van der Waals surface area contributed by atoms with Crippen LogP contribution in [0.3, 0.4) is 0 Å². The van der Waals surface area contributed by atoms with Gasteiger partial charge in [-0.1, -0.05) is 35.0 Å². The van der Waals surface area contributed by atoms with Gasteiger partial charge in [0.1, 0.15) is 4.83 Å². The summed E-state index contributed by atoms with van der Waals surface area (Å²) in [6.45, 7) is 7.78. The number of aryl methyl sites for hydroxylation is 2. The summed E-state index contributed by atoms with van der Waals surface area (Å²) in [6, 6.07) is 4.80. The molecular weight excluding hydrogens is 437 g/mol. The maximum atomic E-state index is 13.0. The zero-order chi connectivity index (χ0) is 20.6. The maximum absolute atomic E-state index is 13.0. The molecule has 148 valence electrons. The third-order valence-electron chi connectivity index (χ3n) is 4.25. The van der Waals surface area contributed by atoms with E-state index in [9.17, 15) is 9.59 Å². The molecule has 5 nitrogen and oxygen atoms in total. The Morgan fingerprint density at radius 2 is 2.04 bits per heavy atom. The molecule has 1 aromatic carbocycles. The minimum atomic E-state index is -0.252. The second-order valence-electron chi connectivity index (χ2n) is 6.59. The number of fused-ring (bicyclic) bond motifs is 1. The number of carbonyl (C=O) groups excluding carboxylic acids is 1. The number of benzene rings is 1. The first-order valence-corrected chi connectivity index (χ1v) is 11.1. The van der Waals surface area contributed by atoms with E-state index in [-0.39, 0.29) is 23.3 Å². The molecule has 2 aromatic heterocycles. The van der Waals surface area contributed by atoms with Crippen LogP contribution in [0.2, 0.25) is 10.0 Å². The van der Waals surface area contributed by atoms with Crippen LogP contribution in [-0.2, 0) is 4.79 Å². The zero-order valence-corrected chi connectivity index (χ0v) is 18.9. The largest absolute Gasteiger partial charge is 0.324 e. The molecule has 1 amide bonds. The van der Waals surface area contributed by atoms with Crippen molar-refractivity contribution in [2.45, 2.75) is 38.9 Å². The molecule has 1 N–H and O–H groups in total. The molecule has 0 atom stereocenters. The Bertz CT molecular complexity index is 1120. The van der Waals surface area contributed by atoms with Gasteiger partial charge in [0, 0.05) is 15.9 Å². The minimum Gasteiger partial charge on any atom is -0.324 e. The average Bonchev–Trinajstić information content (AvgIpc) is 2.90. The van der Waals surface area contributed by atoms with E-state index < -0.39 is 0 Å². The quantitative estimate of drug-likeness (QED) is 0.396. The Morgan fingerprint density at radius 3 is 2.71 bits per heavy atom. The molecule has 2 heterocycles. The summed E-state index contributed by atoms with van der Waals surface area (Å²) in [5.74, 6) is -0.158. The van der Waals surface area contributed by atoms with Crippen LogP contribution in [-0.4, -0.2) is 21.2 Å². The van der Waals surface area contributed by atoms with Crippen LogP contribution in [0.1, 0.15) is 30.3 Å². The van der Waals surface area contributed by atoms with Gasteiger partial charge in [-0.15, -0.1) is 11.3 Å². The number of rotatable bonds is 5. The summed E-state index contributed by atoms with van der Waals surface area (Å²) < 4.78 is 1.64. The number of halogens is 2. The normalized spacial score (nSPS) is 11.4. The van der Waals surface area contributed by atoms with Crippen molar-refractivity contribution in [3.8, 4) is 0 Å². The van der Waals surface area contributed by atoms with Crippen molar-refractivity contribution in [1.29, 1.82) is 0 Å². The third-order valence-corrected chi connectivity index (χ3v) is 6.87. The van der Waals surface area contributed by atoms with Crippen molar-refractivity contribution in [1.82, 2.24) is 9.55 Å². The highest BCUT2D eigenvalue weighted by Gasteiger charge is 2.19. The number of nitrogens with one attached hydrogen (secondary N) is 1. The van der Waals surface area contributed by atoms with Crippen LogP contribution >= 0.6 is 46.3 Å². The Labute approximate surface area is 181 Å². The fraction of sp³-hybridized carbons (Fsp3) is 0.316. The lowest BCUT2D eigenvalue weighted by Crippen LogP contribution is -2.25. The Kier molecular flexibility index (Phi) is 6.39. The van der Waals surface area contributed by atoms with Crippen LogP contribution in [0.15, 0.2) is 28.2 Å². The predicted molar refractivity (Wildman–Crippen MR) is 120 cm³/mol. The number of carbonyl (C=O) groups is 1. The molecule has 0 spiro atoms. The van der Waals surface area contributed by atoms with Gasteiger partial charge in [0.2, 0.25) is 5.91 Å². The Morgan fingerprint density at radius 1 is 1.32 bits per heavy atom. The second kappa shape index (κ2) is 8.45.